The second-order valence-corrected chi connectivity index (χ2v) is 4.97. The Morgan fingerprint density at radius 3 is 2.81 bits per heavy atom. The van der Waals surface area contributed by atoms with Gasteiger partial charge in [0.25, 0.3) is 0 Å². The lowest BCUT2D eigenvalue weighted by atomic mass is 10.1. The van der Waals surface area contributed by atoms with E-state index in [9.17, 15) is 0 Å². The van der Waals surface area contributed by atoms with Crippen LogP contribution in [0.15, 0.2) is 24.3 Å². The molecule has 1 aromatic carbocycles. The summed E-state index contributed by atoms with van der Waals surface area (Å²) in [7, 11) is 0. The molecule has 1 unspecified atom stereocenters. The molecule has 0 spiro atoms. The molecule has 0 bridgehead atoms. The molecule has 0 aromatic heterocycles. The second-order valence-electron chi connectivity index (χ2n) is 3.98. The van der Waals surface area contributed by atoms with Crippen molar-refractivity contribution in [3.63, 3.8) is 0 Å². The molecule has 0 aliphatic carbocycles. The van der Waals surface area contributed by atoms with Crippen LogP contribution in [-0.4, -0.2) is 24.7 Å². The predicted molar refractivity (Wildman–Crippen MR) is 72.3 cm³/mol. The predicted octanol–water partition coefficient (Wildman–Crippen LogP) is 2.71. The minimum atomic E-state index is 0.177. The van der Waals surface area contributed by atoms with Crippen molar-refractivity contribution >= 4 is 11.8 Å². The van der Waals surface area contributed by atoms with Crippen LogP contribution in [0.1, 0.15) is 18.9 Å². The van der Waals surface area contributed by atoms with E-state index < -0.39 is 0 Å². The van der Waals surface area contributed by atoms with Crippen LogP contribution in [0, 0.1) is 0 Å². The van der Waals surface area contributed by atoms with Crippen LogP contribution < -0.4 is 10.5 Å². The van der Waals surface area contributed by atoms with Gasteiger partial charge in [0, 0.05) is 6.04 Å². The monoisotopic (exact) mass is 239 g/mol. The molecule has 3 heteroatoms. The van der Waals surface area contributed by atoms with Gasteiger partial charge in [-0.15, -0.1) is 0 Å². The standard InChI is InChI=1S/C13H21NOS/c1-11(14)10-12-6-3-4-7-13(12)15-8-5-9-16-2/h3-4,6-7,11H,5,8-10,14H2,1-2H3. The number of hydrogen-bond donors (Lipinski definition) is 1. The van der Waals surface area contributed by atoms with Crippen molar-refractivity contribution in [2.45, 2.75) is 25.8 Å². The van der Waals surface area contributed by atoms with E-state index in [0.717, 1.165) is 31.0 Å². The molecule has 1 rings (SSSR count). The van der Waals surface area contributed by atoms with E-state index in [1.165, 1.54) is 5.56 Å². The molecular formula is C13H21NOS. The van der Waals surface area contributed by atoms with Gasteiger partial charge in [0.2, 0.25) is 0 Å². The lowest BCUT2D eigenvalue weighted by Crippen LogP contribution is -2.18. The zero-order valence-corrected chi connectivity index (χ0v) is 10.9. The number of rotatable bonds is 7. The van der Waals surface area contributed by atoms with E-state index in [2.05, 4.69) is 12.3 Å². The molecule has 0 heterocycles. The van der Waals surface area contributed by atoms with Gasteiger partial charge in [-0.05, 0) is 43.4 Å². The van der Waals surface area contributed by atoms with E-state index in [1.807, 2.05) is 36.9 Å². The maximum atomic E-state index is 5.81. The van der Waals surface area contributed by atoms with Crippen LogP contribution in [0.4, 0.5) is 0 Å². The van der Waals surface area contributed by atoms with Crippen molar-refractivity contribution in [3.8, 4) is 5.75 Å². The van der Waals surface area contributed by atoms with Crippen molar-refractivity contribution in [2.24, 2.45) is 5.73 Å². The molecule has 0 saturated carbocycles. The molecule has 1 atom stereocenters. The Hall–Kier alpha value is -0.670. The van der Waals surface area contributed by atoms with Crippen LogP contribution in [0.2, 0.25) is 0 Å². The maximum Gasteiger partial charge on any atom is 0.122 e. The first-order chi connectivity index (χ1) is 7.74. The topological polar surface area (TPSA) is 35.2 Å². The minimum absolute atomic E-state index is 0.177. The zero-order chi connectivity index (χ0) is 11.8. The van der Waals surface area contributed by atoms with Crippen molar-refractivity contribution in [2.75, 3.05) is 18.6 Å². The average molecular weight is 239 g/mol. The quantitative estimate of drug-likeness (QED) is 0.743. The Balaban J connectivity index is 2.50. The highest BCUT2D eigenvalue weighted by Gasteiger charge is 2.04. The van der Waals surface area contributed by atoms with Crippen LogP contribution in [0.5, 0.6) is 5.75 Å². The van der Waals surface area contributed by atoms with Gasteiger partial charge >= 0.3 is 0 Å². The van der Waals surface area contributed by atoms with Gasteiger partial charge in [0.1, 0.15) is 5.75 Å². The van der Waals surface area contributed by atoms with Crippen molar-refractivity contribution in [1.29, 1.82) is 0 Å². The molecule has 2 N–H and O–H groups in total. The van der Waals surface area contributed by atoms with Gasteiger partial charge in [0.05, 0.1) is 6.61 Å². The summed E-state index contributed by atoms with van der Waals surface area (Å²) in [6, 6.07) is 8.33. The van der Waals surface area contributed by atoms with E-state index >= 15 is 0 Å². The fraction of sp³-hybridized carbons (Fsp3) is 0.538. The first-order valence-electron chi connectivity index (χ1n) is 5.69. The minimum Gasteiger partial charge on any atom is -0.493 e. The van der Waals surface area contributed by atoms with E-state index in [0.29, 0.717) is 0 Å². The van der Waals surface area contributed by atoms with Crippen molar-refractivity contribution < 1.29 is 4.74 Å². The lowest BCUT2D eigenvalue weighted by Gasteiger charge is -2.12. The van der Waals surface area contributed by atoms with Gasteiger partial charge in [-0.2, -0.15) is 11.8 Å². The summed E-state index contributed by atoms with van der Waals surface area (Å²) < 4.78 is 5.77. The molecule has 16 heavy (non-hydrogen) atoms. The summed E-state index contributed by atoms with van der Waals surface area (Å²) in [4.78, 5) is 0. The summed E-state index contributed by atoms with van der Waals surface area (Å²) >= 11 is 1.85. The first kappa shape index (κ1) is 13.4. The zero-order valence-electron chi connectivity index (χ0n) is 10.1. The van der Waals surface area contributed by atoms with E-state index in [1.54, 1.807) is 0 Å². The Bertz CT molecular complexity index is 302. The van der Waals surface area contributed by atoms with Gasteiger partial charge in [-0.1, -0.05) is 18.2 Å². The Morgan fingerprint density at radius 1 is 1.38 bits per heavy atom. The van der Waals surface area contributed by atoms with Crippen molar-refractivity contribution in [1.82, 2.24) is 0 Å². The van der Waals surface area contributed by atoms with Gasteiger partial charge in [0.15, 0.2) is 0 Å². The Kier molecular flexibility index (Phi) is 6.34. The fourth-order valence-electron chi connectivity index (χ4n) is 1.55. The molecule has 0 aliphatic heterocycles. The largest absolute Gasteiger partial charge is 0.493 e. The summed E-state index contributed by atoms with van der Waals surface area (Å²) in [6.45, 7) is 2.81. The van der Waals surface area contributed by atoms with Crippen molar-refractivity contribution in [3.05, 3.63) is 29.8 Å². The maximum absolute atomic E-state index is 5.81. The molecule has 0 saturated heterocycles. The number of hydrogen-bond acceptors (Lipinski definition) is 3. The SMILES string of the molecule is CSCCCOc1ccccc1CC(C)N. The highest BCUT2D eigenvalue weighted by atomic mass is 32.2. The Labute approximate surface area is 103 Å². The molecule has 0 fully saturated rings. The molecule has 2 nitrogen and oxygen atoms in total. The van der Waals surface area contributed by atoms with E-state index in [-0.39, 0.29) is 6.04 Å². The molecular weight excluding hydrogens is 218 g/mol. The molecule has 90 valence electrons. The van der Waals surface area contributed by atoms with Crippen LogP contribution in [0.25, 0.3) is 0 Å². The highest BCUT2D eigenvalue weighted by Crippen LogP contribution is 2.19. The number of para-hydroxylation sites is 1. The molecule has 1 aromatic rings. The van der Waals surface area contributed by atoms with Crippen LogP contribution in [-0.2, 0) is 6.42 Å². The molecule has 0 amide bonds. The third kappa shape index (κ3) is 4.90. The summed E-state index contributed by atoms with van der Waals surface area (Å²) in [5.74, 6) is 2.14. The van der Waals surface area contributed by atoms with E-state index in [4.69, 9.17) is 10.5 Å². The first-order valence-corrected chi connectivity index (χ1v) is 7.08. The number of thioether (sulfide) groups is 1. The molecule has 0 aliphatic rings. The average Bonchev–Trinajstić information content (AvgIpc) is 2.26. The van der Waals surface area contributed by atoms with Crippen LogP contribution >= 0.6 is 11.8 Å². The highest BCUT2D eigenvalue weighted by molar-refractivity contribution is 7.98. The molecule has 0 radical (unpaired) electrons. The van der Waals surface area contributed by atoms with Gasteiger partial charge in [-0.25, -0.2) is 0 Å². The number of ether oxygens (including phenoxy) is 1. The lowest BCUT2D eigenvalue weighted by molar-refractivity contribution is 0.315. The smallest absolute Gasteiger partial charge is 0.122 e. The summed E-state index contributed by atoms with van der Waals surface area (Å²) in [6.07, 6.45) is 4.08. The van der Waals surface area contributed by atoms with Crippen LogP contribution in [0.3, 0.4) is 0 Å². The third-order valence-corrected chi connectivity index (χ3v) is 2.96. The Morgan fingerprint density at radius 2 is 2.12 bits per heavy atom. The number of benzene rings is 1. The summed E-state index contributed by atoms with van der Waals surface area (Å²) in [5, 5.41) is 0. The van der Waals surface area contributed by atoms with Gasteiger partial charge < -0.3 is 10.5 Å². The summed E-state index contributed by atoms with van der Waals surface area (Å²) in [5.41, 5.74) is 7.02. The third-order valence-electron chi connectivity index (χ3n) is 2.26. The number of nitrogens with two attached hydrogens (primary N) is 1. The normalized spacial score (nSPS) is 12.4. The second kappa shape index (κ2) is 7.58. The fourth-order valence-corrected chi connectivity index (χ4v) is 1.95. The van der Waals surface area contributed by atoms with Gasteiger partial charge in [-0.3, -0.25) is 0 Å².